The van der Waals surface area contributed by atoms with Crippen LogP contribution >= 0.6 is 23.2 Å². The Balaban J connectivity index is 1.90. The molecule has 3 amide bonds. The van der Waals surface area contributed by atoms with Gasteiger partial charge in [0.15, 0.2) is 0 Å². The van der Waals surface area contributed by atoms with Gasteiger partial charge >= 0.3 is 0 Å². The molecule has 2 N–H and O–H groups in total. The first kappa shape index (κ1) is 14.6. The first-order chi connectivity index (χ1) is 9.45. The maximum absolute atomic E-state index is 11.7. The zero-order chi connectivity index (χ0) is 14.7. The lowest BCUT2D eigenvalue weighted by molar-refractivity contribution is -0.123. The van der Waals surface area contributed by atoms with Crippen molar-refractivity contribution in [2.75, 3.05) is 6.54 Å². The molecule has 0 fully saturated rings. The second-order valence-electron chi connectivity index (χ2n) is 4.19. The van der Waals surface area contributed by atoms with Crippen molar-refractivity contribution in [2.45, 2.75) is 6.42 Å². The molecule has 0 aliphatic carbocycles. The molecule has 1 aromatic rings. The van der Waals surface area contributed by atoms with Crippen molar-refractivity contribution in [3.8, 4) is 0 Å². The third-order valence-corrected chi connectivity index (χ3v) is 3.40. The first-order valence-electron chi connectivity index (χ1n) is 5.72. The van der Waals surface area contributed by atoms with Crippen LogP contribution in [0.25, 0.3) is 0 Å². The Hall–Kier alpha value is -1.85. The second-order valence-corrected chi connectivity index (χ2v) is 5.00. The number of rotatable bonds is 4. The molecule has 0 saturated heterocycles. The van der Waals surface area contributed by atoms with Crippen LogP contribution in [-0.2, 0) is 20.8 Å². The molecule has 0 atom stereocenters. The van der Waals surface area contributed by atoms with Gasteiger partial charge in [-0.25, -0.2) is 0 Å². The Kier molecular flexibility index (Phi) is 4.42. The van der Waals surface area contributed by atoms with Crippen molar-refractivity contribution >= 4 is 40.9 Å². The summed E-state index contributed by atoms with van der Waals surface area (Å²) in [4.78, 5) is 33.9. The number of carbonyl (C=O) groups excluding carboxylic acids is 3. The number of benzene rings is 1. The summed E-state index contributed by atoms with van der Waals surface area (Å²) in [5, 5.41) is 5.46. The molecule has 5 nitrogen and oxygen atoms in total. The molecule has 0 bridgehead atoms. The van der Waals surface area contributed by atoms with Crippen molar-refractivity contribution < 1.29 is 14.4 Å². The first-order valence-corrected chi connectivity index (χ1v) is 6.48. The molecule has 1 heterocycles. The normalized spacial score (nSPS) is 14.0. The molecule has 0 saturated carbocycles. The third-order valence-electron chi connectivity index (χ3n) is 2.66. The fourth-order valence-electron chi connectivity index (χ4n) is 1.67. The molecular weight excluding hydrogens is 303 g/mol. The van der Waals surface area contributed by atoms with Gasteiger partial charge in [0.2, 0.25) is 5.91 Å². The van der Waals surface area contributed by atoms with E-state index in [9.17, 15) is 14.4 Å². The molecule has 7 heteroatoms. The summed E-state index contributed by atoms with van der Waals surface area (Å²) in [6.45, 7) is 0.0116. The molecule has 1 aliphatic heterocycles. The SMILES string of the molecule is O=C1C=C(CNC(=O)Cc2ccc(Cl)c(Cl)c2)C(=O)N1. The molecule has 0 aromatic heterocycles. The van der Waals surface area contributed by atoms with Crippen LogP contribution < -0.4 is 10.6 Å². The number of carbonyl (C=O) groups is 3. The van der Waals surface area contributed by atoms with Gasteiger partial charge in [-0.05, 0) is 17.7 Å². The van der Waals surface area contributed by atoms with Gasteiger partial charge in [-0.15, -0.1) is 0 Å². The lowest BCUT2D eigenvalue weighted by Crippen LogP contribution is -2.30. The van der Waals surface area contributed by atoms with Crippen LogP contribution in [-0.4, -0.2) is 24.3 Å². The minimum Gasteiger partial charge on any atom is -0.352 e. The number of nitrogens with one attached hydrogen (secondary N) is 2. The Morgan fingerprint density at radius 2 is 1.95 bits per heavy atom. The number of hydrogen-bond acceptors (Lipinski definition) is 3. The van der Waals surface area contributed by atoms with Crippen LogP contribution in [0.15, 0.2) is 29.8 Å². The van der Waals surface area contributed by atoms with Crippen LogP contribution in [0.2, 0.25) is 10.0 Å². The van der Waals surface area contributed by atoms with Gasteiger partial charge in [0, 0.05) is 18.2 Å². The Labute approximate surface area is 124 Å². The highest BCUT2D eigenvalue weighted by atomic mass is 35.5. The van der Waals surface area contributed by atoms with Crippen molar-refractivity contribution in [2.24, 2.45) is 0 Å². The summed E-state index contributed by atoms with van der Waals surface area (Å²) < 4.78 is 0. The molecule has 20 heavy (non-hydrogen) atoms. The van der Waals surface area contributed by atoms with Crippen LogP contribution in [0.4, 0.5) is 0 Å². The summed E-state index contributed by atoms with van der Waals surface area (Å²) in [5.74, 6) is -1.23. The maximum Gasteiger partial charge on any atom is 0.256 e. The highest BCUT2D eigenvalue weighted by molar-refractivity contribution is 6.42. The summed E-state index contributed by atoms with van der Waals surface area (Å²) in [7, 11) is 0. The zero-order valence-corrected chi connectivity index (χ0v) is 11.7. The summed E-state index contributed by atoms with van der Waals surface area (Å²) >= 11 is 11.6. The van der Waals surface area contributed by atoms with E-state index in [0.717, 1.165) is 0 Å². The Bertz CT molecular complexity index is 626. The van der Waals surface area contributed by atoms with Gasteiger partial charge in [0.1, 0.15) is 0 Å². The van der Waals surface area contributed by atoms with E-state index < -0.39 is 11.8 Å². The van der Waals surface area contributed by atoms with Gasteiger partial charge in [-0.2, -0.15) is 0 Å². The van der Waals surface area contributed by atoms with Crippen molar-refractivity contribution in [1.29, 1.82) is 0 Å². The average molecular weight is 313 g/mol. The fraction of sp³-hybridized carbons (Fsp3) is 0.154. The predicted molar refractivity (Wildman–Crippen MR) is 74.4 cm³/mol. The standard InChI is InChI=1S/C13H10Cl2N2O3/c14-9-2-1-7(3-10(9)15)4-11(18)16-6-8-5-12(19)17-13(8)20/h1-3,5H,4,6H2,(H,16,18)(H,17,19,20). The van der Waals surface area contributed by atoms with E-state index in [0.29, 0.717) is 15.6 Å². The molecule has 1 aromatic carbocycles. The molecule has 0 spiro atoms. The topological polar surface area (TPSA) is 75.3 Å². The minimum absolute atomic E-state index is 0.0116. The van der Waals surface area contributed by atoms with Crippen LogP contribution in [0.3, 0.4) is 0 Å². The summed E-state index contributed by atoms with van der Waals surface area (Å²) in [6.07, 6.45) is 1.28. The van der Waals surface area contributed by atoms with Crippen LogP contribution in [0, 0.1) is 0 Å². The van der Waals surface area contributed by atoms with Crippen molar-refractivity contribution in [3.63, 3.8) is 0 Å². The smallest absolute Gasteiger partial charge is 0.256 e. The van der Waals surface area contributed by atoms with E-state index in [1.807, 2.05) is 0 Å². The van der Waals surface area contributed by atoms with E-state index in [1.54, 1.807) is 18.2 Å². The van der Waals surface area contributed by atoms with E-state index in [1.165, 1.54) is 6.08 Å². The number of hydrogen-bond donors (Lipinski definition) is 2. The monoisotopic (exact) mass is 312 g/mol. The van der Waals surface area contributed by atoms with Crippen molar-refractivity contribution in [3.05, 3.63) is 45.5 Å². The summed E-state index contributed by atoms with van der Waals surface area (Å²) in [5.41, 5.74) is 0.940. The molecular formula is C13H10Cl2N2O3. The van der Waals surface area contributed by atoms with E-state index >= 15 is 0 Å². The van der Waals surface area contributed by atoms with Gasteiger partial charge < -0.3 is 5.32 Å². The van der Waals surface area contributed by atoms with Gasteiger partial charge in [-0.3, -0.25) is 19.7 Å². The van der Waals surface area contributed by atoms with Gasteiger partial charge in [0.05, 0.1) is 16.5 Å². The molecule has 0 radical (unpaired) electrons. The lowest BCUT2D eigenvalue weighted by atomic mass is 10.1. The zero-order valence-electron chi connectivity index (χ0n) is 10.2. The minimum atomic E-state index is -0.482. The van der Waals surface area contributed by atoms with E-state index in [2.05, 4.69) is 10.6 Å². The maximum atomic E-state index is 11.7. The van der Waals surface area contributed by atoms with E-state index in [-0.39, 0.29) is 24.4 Å². The third kappa shape index (κ3) is 3.59. The molecule has 0 unspecified atom stereocenters. The predicted octanol–water partition coefficient (Wildman–Crippen LogP) is 1.23. The largest absolute Gasteiger partial charge is 0.352 e. The lowest BCUT2D eigenvalue weighted by Gasteiger charge is -2.06. The molecule has 2 rings (SSSR count). The van der Waals surface area contributed by atoms with Gasteiger partial charge in [-0.1, -0.05) is 29.3 Å². The Morgan fingerprint density at radius 1 is 1.20 bits per heavy atom. The van der Waals surface area contributed by atoms with Crippen molar-refractivity contribution in [1.82, 2.24) is 10.6 Å². The average Bonchev–Trinajstić information content (AvgIpc) is 2.70. The molecule has 104 valence electrons. The second kappa shape index (κ2) is 6.07. The highest BCUT2D eigenvalue weighted by Gasteiger charge is 2.20. The number of amides is 3. The van der Waals surface area contributed by atoms with Crippen LogP contribution in [0.5, 0.6) is 0 Å². The molecule has 1 aliphatic rings. The highest BCUT2D eigenvalue weighted by Crippen LogP contribution is 2.22. The number of imide groups is 1. The number of halogens is 2. The summed E-state index contributed by atoms with van der Waals surface area (Å²) in [6, 6.07) is 4.91. The Morgan fingerprint density at radius 3 is 2.55 bits per heavy atom. The fourth-order valence-corrected chi connectivity index (χ4v) is 2.00. The van der Waals surface area contributed by atoms with E-state index in [4.69, 9.17) is 23.2 Å². The van der Waals surface area contributed by atoms with Crippen LogP contribution in [0.1, 0.15) is 5.56 Å². The quantitative estimate of drug-likeness (QED) is 0.821. The van der Waals surface area contributed by atoms with Gasteiger partial charge in [0.25, 0.3) is 11.8 Å².